The zero-order chi connectivity index (χ0) is 16.9. The van der Waals surface area contributed by atoms with Crippen molar-refractivity contribution in [1.29, 1.82) is 0 Å². The van der Waals surface area contributed by atoms with Crippen LogP contribution in [0, 0.1) is 0 Å². The summed E-state index contributed by atoms with van der Waals surface area (Å²) < 4.78 is 11.3. The molecule has 1 atom stereocenters. The first-order chi connectivity index (χ1) is 11.6. The maximum absolute atomic E-state index is 12.4. The Morgan fingerprint density at radius 2 is 2.04 bits per heavy atom. The van der Waals surface area contributed by atoms with Gasteiger partial charge >= 0.3 is 0 Å². The van der Waals surface area contributed by atoms with Crippen LogP contribution in [0.4, 0.5) is 5.69 Å². The third-order valence-electron chi connectivity index (χ3n) is 4.53. The minimum absolute atomic E-state index is 0.0160. The summed E-state index contributed by atoms with van der Waals surface area (Å²) in [6, 6.07) is 7.15. The summed E-state index contributed by atoms with van der Waals surface area (Å²) >= 11 is 0. The SMILES string of the molecule is CC(=O)c1cccc(NC(=O)CN2CCCC[C@H]2C2OCCO2)c1. The number of piperidine rings is 1. The number of rotatable bonds is 5. The molecule has 1 aromatic rings. The van der Waals surface area contributed by atoms with Crippen LogP contribution in [0.3, 0.4) is 0 Å². The molecule has 2 heterocycles. The van der Waals surface area contributed by atoms with Crippen molar-refractivity contribution < 1.29 is 19.1 Å². The maximum atomic E-state index is 12.4. The van der Waals surface area contributed by atoms with Gasteiger partial charge < -0.3 is 14.8 Å². The van der Waals surface area contributed by atoms with Gasteiger partial charge in [-0.3, -0.25) is 14.5 Å². The Balaban J connectivity index is 1.60. The Kier molecular flexibility index (Phi) is 5.60. The smallest absolute Gasteiger partial charge is 0.238 e. The van der Waals surface area contributed by atoms with Crippen LogP contribution in [0.25, 0.3) is 0 Å². The van der Waals surface area contributed by atoms with Gasteiger partial charge in [-0.15, -0.1) is 0 Å². The van der Waals surface area contributed by atoms with Gasteiger partial charge in [-0.05, 0) is 38.4 Å². The zero-order valence-corrected chi connectivity index (χ0v) is 14.0. The van der Waals surface area contributed by atoms with E-state index in [0.29, 0.717) is 31.0 Å². The Hall–Kier alpha value is -1.76. The third kappa shape index (κ3) is 4.20. The second-order valence-corrected chi connectivity index (χ2v) is 6.33. The summed E-state index contributed by atoms with van der Waals surface area (Å²) in [7, 11) is 0. The number of nitrogens with one attached hydrogen (secondary N) is 1. The maximum Gasteiger partial charge on any atom is 0.238 e. The molecule has 0 aliphatic carbocycles. The van der Waals surface area contributed by atoms with E-state index < -0.39 is 0 Å². The number of hydrogen-bond donors (Lipinski definition) is 1. The molecule has 2 fully saturated rings. The van der Waals surface area contributed by atoms with E-state index in [2.05, 4.69) is 10.2 Å². The van der Waals surface area contributed by atoms with Crippen molar-refractivity contribution in [3.8, 4) is 0 Å². The second kappa shape index (κ2) is 7.88. The standard InChI is InChI=1S/C18H24N2O4/c1-13(21)14-5-4-6-15(11-14)19-17(22)12-20-8-3-2-7-16(20)18-23-9-10-24-18/h4-6,11,16,18H,2-3,7-10,12H2,1H3,(H,19,22)/t16-/m0/s1. The quantitative estimate of drug-likeness (QED) is 0.836. The molecule has 24 heavy (non-hydrogen) atoms. The number of amides is 1. The molecule has 2 aliphatic heterocycles. The molecule has 0 spiro atoms. The second-order valence-electron chi connectivity index (χ2n) is 6.33. The van der Waals surface area contributed by atoms with E-state index in [4.69, 9.17) is 9.47 Å². The number of Topliss-reactive ketones (excluding diaryl/α,β-unsaturated/α-hetero) is 1. The molecular formula is C18H24N2O4. The predicted molar refractivity (Wildman–Crippen MR) is 90.0 cm³/mol. The summed E-state index contributed by atoms with van der Waals surface area (Å²) in [5.74, 6) is -0.0988. The molecule has 2 saturated heterocycles. The molecule has 2 aliphatic rings. The fraction of sp³-hybridized carbons (Fsp3) is 0.556. The monoisotopic (exact) mass is 332 g/mol. The minimum atomic E-state index is -0.223. The van der Waals surface area contributed by atoms with Crippen LogP contribution >= 0.6 is 0 Å². The Morgan fingerprint density at radius 3 is 2.79 bits per heavy atom. The molecule has 0 unspecified atom stereocenters. The fourth-order valence-electron chi connectivity index (χ4n) is 3.32. The normalized spacial score (nSPS) is 22.5. The summed E-state index contributed by atoms with van der Waals surface area (Å²) in [6.07, 6.45) is 2.97. The van der Waals surface area contributed by atoms with Crippen molar-refractivity contribution in [2.24, 2.45) is 0 Å². The van der Waals surface area contributed by atoms with Gasteiger partial charge in [0.25, 0.3) is 0 Å². The summed E-state index contributed by atoms with van der Waals surface area (Å²) in [5.41, 5.74) is 1.24. The van der Waals surface area contributed by atoms with Gasteiger partial charge in [0.05, 0.1) is 25.8 Å². The number of benzene rings is 1. The highest BCUT2D eigenvalue weighted by molar-refractivity contribution is 5.97. The van der Waals surface area contributed by atoms with Crippen molar-refractivity contribution >= 4 is 17.4 Å². The van der Waals surface area contributed by atoms with E-state index in [9.17, 15) is 9.59 Å². The summed E-state index contributed by atoms with van der Waals surface area (Å²) in [5, 5.41) is 2.88. The molecule has 1 amide bonds. The van der Waals surface area contributed by atoms with Crippen molar-refractivity contribution in [2.45, 2.75) is 38.5 Å². The van der Waals surface area contributed by atoms with Crippen LogP contribution in [0.5, 0.6) is 0 Å². The molecule has 0 bridgehead atoms. The number of likely N-dealkylation sites (tertiary alicyclic amines) is 1. The molecule has 0 radical (unpaired) electrons. The Bertz CT molecular complexity index is 598. The minimum Gasteiger partial charge on any atom is -0.349 e. The van der Waals surface area contributed by atoms with E-state index in [-0.39, 0.29) is 24.0 Å². The van der Waals surface area contributed by atoms with Gasteiger partial charge in [0.2, 0.25) is 5.91 Å². The number of hydrogen-bond acceptors (Lipinski definition) is 5. The number of carbonyl (C=O) groups excluding carboxylic acids is 2. The van der Waals surface area contributed by atoms with Crippen molar-refractivity contribution in [1.82, 2.24) is 4.90 Å². The zero-order valence-electron chi connectivity index (χ0n) is 14.0. The molecule has 1 N–H and O–H groups in total. The van der Waals surface area contributed by atoms with E-state index in [0.717, 1.165) is 25.8 Å². The van der Waals surface area contributed by atoms with Crippen molar-refractivity contribution in [3.63, 3.8) is 0 Å². The van der Waals surface area contributed by atoms with Crippen LogP contribution in [-0.2, 0) is 14.3 Å². The average Bonchev–Trinajstić information content (AvgIpc) is 3.10. The van der Waals surface area contributed by atoms with Gasteiger partial charge in [0.15, 0.2) is 12.1 Å². The van der Waals surface area contributed by atoms with Crippen LogP contribution in [0.1, 0.15) is 36.5 Å². The van der Waals surface area contributed by atoms with Gasteiger partial charge in [-0.25, -0.2) is 0 Å². The van der Waals surface area contributed by atoms with Crippen LogP contribution < -0.4 is 5.32 Å². The van der Waals surface area contributed by atoms with Gasteiger partial charge in [-0.1, -0.05) is 18.6 Å². The number of anilines is 1. The number of carbonyl (C=O) groups is 2. The summed E-state index contributed by atoms with van der Waals surface area (Å²) in [4.78, 5) is 26.0. The van der Waals surface area contributed by atoms with Crippen molar-refractivity contribution in [2.75, 3.05) is 31.6 Å². The number of ether oxygens (including phenoxy) is 2. The highest BCUT2D eigenvalue weighted by Crippen LogP contribution is 2.24. The lowest BCUT2D eigenvalue weighted by atomic mass is 10.0. The molecule has 6 nitrogen and oxygen atoms in total. The van der Waals surface area contributed by atoms with Gasteiger partial charge in [0, 0.05) is 11.3 Å². The van der Waals surface area contributed by atoms with E-state index in [1.54, 1.807) is 24.3 Å². The van der Waals surface area contributed by atoms with Crippen LogP contribution in [-0.4, -0.2) is 55.2 Å². The molecule has 130 valence electrons. The topological polar surface area (TPSA) is 67.9 Å². The van der Waals surface area contributed by atoms with E-state index >= 15 is 0 Å². The molecule has 1 aromatic carbocycles. The number of ketones is 1. The molecule has 0 aromatic heterocycles. The molecule has 6 heteroatoms. The first kappa shape index (κ1) is 17.1. The van der Waals surface area contributed by atoms with Gasteiger partial charge in [0.1, 0.15) is 0 Å². The van der Waals surface area contributed by atoms with E-state index in [1.807, 2.05) is 0 Å². The average molecular weight is 332 g/mol. The molecular weight excluding hydrogens is 308 g/mol. The number of nitrogens with zero attached hydrogens (tertiary/aromatic N) is 1. The Labute approximate surface area is 142 Å². The lowest BCUT2D eigenvalue weighted by Gasteiger charge is -2.37. The van der Waals surface area contributed by atoms with E-state index in [1.165, 1.54) is 6.92 Å². The summed E-state index contributed by atoms with van der Waals surface area (Å²) in [6.45, 7) is 3.94. The highest BCUT2D eigenvalue weighted by atomic mass is 16.7. The first-order valence-corrected chi connectivity index (χ1v) is 8.51. The predicted octanol–water partition coefficient (Wildman–Crippen LogP) is 2.06. The highest BCUT2D eigenvalue weighted by Gasteiger charge is 2.34. The van der Waals surface area contributed by atoms with Crippen LogP contribution in [0.15, 0.2) is 24.3 Å². The fourth-order valence-corrected chi connectivity index (χ4v) is 3.32. The van der Waals surface area contributed by atoms with Crippen LogP contribution in [0.2, 0.25) is 0 Å². The Morgan fingerprint density at radius 1 is 1.25 bits per heavy atom. The van der Waals surface area contributed by atoms with Crippen molar-refractivity contribution in [3.05, 3.63) is 29.8 Å². The molecule has 0 saturated carbocycles. The first-order valence-electron chi connectivity index (χ1n) is 8.51. The largest absolute Gasteiger partial charge is 0.349 e. The lowest BCUT2D eigenvalue weighted by molar-refractivity contribution is -0.127. The lowest BCUT2D eigenvalue weighted by Crippen LogP contribution is -2.50. The third-order valence-corrected chi connectivity index (χ3v) is 4.53. The van der Waals surface area contributed by atoms with Gasteiger partial charge in [-0.2, -0.15) is 0 Å². The molecule has 3 rings (SSSR count).